The molecule has 0 spiro atoms. The molecule has 5 fully saturated rings. The third-order valence-corrected chi connectivity index (χ3v) is 8.64. The Labute approximate surface area is 189 Å². The molecule has 5 aliphatic rings. The summed E-state index contributed by atoms with van der Waals surface area (Å²) >= 11 is 5.91. The van der Waals surface area contributed by atoms with Crippen LogP contribution in [0.15, 0.2) is 0 Å². The fourth-order valence-electron chi connectivity index (χ4n) is 6.05. The minimum atomic E-state index is -1.07. The molecule has 8 heteroatoms. The second-order valence-corrected chi connectivity index (χ2v) is 11.0. The number of rotatable bonds is 6. The highest BCUT2D eigenvalue weighted by Crippen LogP contribution is 2.47. The molecule has 5 aliphatic carbocycles. The maximum absolute atomic E-state index is 13.8. The number of alkyl halides is 2. The summed E-state index contributed by atoms with van der Waals surface area (Å²) in [6.45, 7) is -0.0437. The molecule has 5 unspecified atom stereocenters. The van der Waals surface area contributed by atoms with Crippen LogP contribution in [0.2, 0.25) is 0 Å². The van der Waals surface area contributed by atoms with Gasteiger partial charge < -0.3 is 20.5 Å². The molecule has 5 atom stereocenters. The van der Waals surface area contributed by atoms with Gasteiger partial charge in [-0.25, -0.2) is 4.39 Å². The molecule has 5 rings (SSSR count). The van der Waals surface area contributed by atoms with Crippen LogP contribution in [0.3, 0.4) is 0 Å². The Morgan fingerprint density at radius 2 is 1.61 bits per heavy atom. The van der Waals surface area contributed by atoms with E-state index in [0.717, 1.165) is 57.8 Å². The van der Waals surface area contributed by atoms with Crippen molar-refractivity contribution in [2.75, 3.05) is 6.61 Å². The third kappa shape index (κ3) is 5.53. The van der Waals surface area contributed by atoms with E-state index in [1.165, 1.54) is 0 Å². The zero-order chi connectivity index (χ0) is 22.1. The van der Waals surface area contributed by atoms with Crippen LogP contribution in [-0.2, 0) is 14.3 Å². The first-order valence-corrected chi connectivity index (χ1v) is 12.4. The number of halogens is 2. The highest BCUT2D eigenvalue weighted by molar-refractivity contribution is 6.21. The Kier molecular flexibility index (Phi) is 7.14. The van der Waals surface area contributed by atoms with Crippen LogP contribution in [0.4, 0.5) is 4.39 Å². The van der Waals surface area contributed by atoms with Crippen molar-refractivity contribution < 1.29 is 23.8 Å². The van der Waals surface area contributed by atoms with Gasteiger partial charge in [-0.1, -0.05) is 6.42 Å². The molecule has 0 aromatic carbocycles. The molecule has 0 saturated heterocycles. The van der Waals surface area contributed by atoms with Gasteiger partial charge in [0.1, 0.15) is 12.8 Å². The summed E-state index contributed by atoms with van der Waals surface area (Å²) < 4.78 is 19.4. The first kappa shape index (κ1) is 23.2. The van der Waals surface area contributed by atoms with Gasteiger partial charge in [0, 0.05) is 23.4 Å². The number of carbonyl (C=O) groups excluding carboxylic acids is 2. The zero-order valence-corrected chi connectivity index (χ0v) is 19.0. The molecule has 31 heavy (non-hydrogen) atoms. The average Bonchev–Trinajstić information content (AvgIpc) is 2.76. The van der Waals surface area contributed by atoms with Crippen LogP contribution in [0.1, 0.15) is 83.5 Å². The van der Waals surface area contributed by atoms with Crippen LogP contribution in [0.25, 0.3) is 0 Å². The van der Waals surface area contributed by atoms with Crippen LogP contribution in [-0.4, -0.2) is 58.4 Å². The molecule has 0 radical (unpaired) electrons. The Morgan fingerprint density at radius 1 is 0.968 bits per heavy atom. The van der Waals surface area contributed by atoms with Crippen LogP contribution >= 0.6 is 11.6 Å². The number of aliphatic hydroxyl groups excluding tert-OH is 1. The number of hydrogen-bond donors (Lipinski definition) is 3. The number of nitrogens with one attached hydrogen (secondary N) is 2. The predicted molar refractivity (Wildman–Crippen MR) is 116 cm³/mol. The van der Waals surface area contributed by atoms with Crippen molar-refractivity contribution in [3.05, 3.63) is 0 Å². The molecule has 176 valence electrons. The number of aliphatic hydroxyl groups is 1. The van der Waals surface area contributed by atoms with E-state index in [0.29, 0.717) is 19.3 Å². The zero-order valence-electron chi connectivity index (χ0n) is 18.2. The average molecular weight is 459 g/mol. The smallest absolute Gasteiger partial charge is 0.246 e. The number of hydrogen-bond acceptors (Lipinski definition) is 4. The van der Waals surface area contributed by atoms with Crippen molar-refractivity contribution in [2.24, 2.45) is 5.92 Å². The lowest BCUT2D eigenvalue weighted by atomic mass is 9.61. The number of ether oxygens (including phenoxy) is 1. The van der Waals surface area contributed by atoms with Gasteiger partial charge in [-0.15, -0.1) is 11.6 Å². The molecular formula is C23H36ClFN2O4. The normalized spacial score (nSPS) is 42.7. The van der Waals surface area contributed by atoms with Crippen LogP contribution in [0.5, 0.6) is 0 Å². The van der Waals surface area contributed by atoms with E-state index in [1.54, 1.807) is 0 Å². The molecule has 0 heterocycles. The van der Waals surface area contributed by atoms with Gasteiger partial charge in [0.05, 0.1) is 17.6 Å². The van der Waals surface area contributed by atoms with Gasteiger partial charge in [0.25, 0.3) is 0 Å². The second kappa shape index (κ2) is 9.52. The van der Waals surface area contributed by atoms with Gasteiger partial charge in [-0.3, -0.25) is 9.59 Å². The first-order chi connectivity index (χ1) is 14.8. The summed E-state index contributed by atoms with van der Waals surface area (Å²) in [4.78, 5) is 25.3. The molecule has 0 aromatic rings. The van der Waals surface area contributed by atoms with Crippen molar-refractivity contribution in [3.63, 3.8) is 0 Å². The Balaban J connectivity index is 1.22. The second-order valence-electron chi connectivity index (χ2n) is 10.4. The van der Waals surface area contributed by atoms with Crippen molar-refractivity contribution in [1.82, 2.24) is 10.6 Å². The van der Waals surface area contributed by atoms with Gasteiger partial charge in [0.15, 0.2) is 0 Å². The molecule has 6 nitrogen and oxygen atoms in total. The first-order valence-electron chi connectivity index (χ1n) is 12.0. The largest absolute Gasteiger partial charge is 0.393 e. The maximum atomic E-state index is 13.8. The van der Waals surface area contributed by atoms with Crippen molar-refractivity contribution >= 4 is 23.4 Å². The number of amides is 2. The quantitative estimate of drug-likeness (QED) is 0.533. The minimum absolute atomic E-state index is 0.0437. The number of carbonyl (C=O) groups is 2. The van der Waals surface area contributed by atoms with E-state index in [-0.39, 0.29) is 54.0 Å². The number of fused-ring (bicyclic) bond motifs is 3. The van der Waals surface area contributed by atoms with Crippen molar-refractivity contribution in [1.29, 1.82) is 0 Å². The molecule has 0 aliphatic heterocycles. The molecular weight excluding hydrogens is 423 g/mol. The molecule has 2 amide bonds. The predicted octanol–water partition coefficient (Wildman–Crippen LogP) is 3.13. The summed E-state index contributed by atoms with van der Waals surface area (Å²) in [5.41, 5.74) is -0.386. The SMILES string of the molecule is O=C(COC1CCC(Cl)C(F)C1)NC12CCC(NC(=O)C3CCCC(O)C3)(CC1)CC2. The third-order valence-electron chi connectivity index (χ3n) is 8.15. The monoisotopic (exact) mass is 458 g/mol. The highest BCUT2D eigenvalue weighted by atomic mass is 35.5. The van der Waals surface area contributed by atoms with Gasteiger partial charge >= 0.3 is 0 Å². The van der Waals surface area contributed by atoms with Gasteiger partial charge in [0.2, 0.25) is 11.8 Å². The topological polar surface area (TPSA) is 87.7 Å². The summed E-state index contributed by atoms with van der Waals surface area (Å²) in [6.07, 6.45) is 8.08. The summed E-state index contributed by atoms with van der Waals surface area (Å²) in [5.74, 6) is -0.136. The Bertz CT molecular complexity index is 653. The minimum Gasteiger partial charge on any atom is -0.393 e. The molecule has 3 N–H and O–H groups in total. The van der Waals surface area contributed by atoms with E-state index in [9.17, 15) is 19.1 Å². The molecule has 2 bridgehead atoms. The van der Waals surface area contributed by atoms with E-state index in [2.05, 4.69) is 10.6 Å². The lowest BCUT2D eigenvalue weighted by Gasteiger charge is -2.54. The lowest BCUT2D eigenvalue weighted by Crippen LogP contribution is -2.64. The van der Waals surface area contributed by atoms with Crippen LogP contribution in [0, 0.1) is 5.92 Å². The lowest BCUT2D eigenvalue weighted by molar-refractivity contribution is -0.135. The van der Waals surface area contributed by atoms with E-state index in [4.69, 9.17) is 16.3 Å². The Morgan fingerprint density at radius 3 is 2.23 bits per heavy atom. The van der Waals surface area contributed by atoms with Crippen molar-refractivity contribution in [2.45, 2.75) is 118 Å². The van der Waals surface area contributed by atoms with Gasteiger partial charge in [-0.2, -0.15) is 0 Å². The maximum Gasteiger partial charge on any atom is 0.246 e. The molecule has 0 aromatic heterocycles. The summed E-state index contributed by atoms with van der Waals surface area (Å²) in [6, 6.07) is 0. The van der Waals surface area contributed by atoms with Crippen LogP contribution < -0.4 is 10.6 Å². The summed E-state index contributed by atoms with van der Waals surface area (Å²) in [7, 11) is 0. The fraction of sp³-hybridized carbons (Fsp3) is 0.913. The van der Waals surface area contributed by atoms with E-state index >= 15 is 0 Å². The molecule has 5 saturated carbocycles. The van der Waals surface area contributed by atoms with E-state index in [1.807, 2.05) is 0 Å². The fourth-order valence-corrected chi connectivity index (χ4v) is 6.27. The summed E-state index contributed by atoms with van der Waals surface area (Å²) in [5, 5.41) is 15.9. The Hall–Kier alpha value is -0.920. The highest BCUT2D eigenvalue weighted by Gasteiger charge is 2.50. The van der Waals surface area contributed by atoms with Crippen molar-refractivity contribution in [3.8, 4) is 0 Å². The van der Waals surface area contributed by atoms with E-state index < -0.39 is 11.5 Å². The van der Waals surface area contributed by atoms with Gasteiger partial charge in [-0.05, 0) is 70.6 Å². The standard InChI is InChI=1S/C23H36ClFN2O4/c24-18-5-4-17(13-19(18)25)31-14-20(29)26-22-6-9-23(10-7-22,11-8-22)27-21(30)15-2-1-3-16(28)12-15/h15-19,28H,1-14H2,(H,26,29)(H,27,30).